The van der Waals surface area contributed by atoms with Gasteiger partial charge in [0.25, 0.3) is 0 Å². The highest BCUT2D eigenvalue weighted by atomic mass is 79.9. The molecule has 1 aliphatic carbocycles. The Balaban J connectivity index is 1.86. The van der Waals surface area contributed by atoms with Gasteiger partial charge in [-0.3, -0.25) is 0 Å². The van der Waals surface area contributed by atoms with E-state index in [4.69, 9.17) is 15.0 Å². The molecule has 1 aliphatic rings. The van der Waals surface area contributed by atoms with Crippen LogP contribution in [0.1, 0.15) is 18.7 Å². The molecule has 0 saturated heterocycles. The number of hydrogen-bond acceptors (Lipinski definition) is 4. The molecule has 0 aliphatic heterocycles. The molecule has 2 aromatic heterocycles. The van der Waals surface area contributed by atoms with Crippen molar-refractivity contribution < 1.29 is 0 Å². The molecule has 0 bridgehead atoms. The molecule has 0 fully saturated rings. The first-order valence-corrected chi connectivity index (χ1v) is 9.74. The Morgan fingerprint density at radius 1 is 0.880 bits per heavy atom. The van der Waals surface area contributed by atoms with Crippen LogP contribution in [0.5, 0.6) is 0 Å². The zero-order chi connectivity index (χ0) is 17.2. The first kappa shape index (κ1) is 16.4. The third-order valence-electron chi connectivity index (χ3n) is 4.19. The van der Waals surface area contributed by atoms with E-state index in [1.54, 1.807) is 11.3 Å². The minimum atomic E-state index is 0.164. The predicted molar refractivity (Wildman–Crippen MR) is 106 cm³/mol. The van der Waals surface area contributed by atoms with Gasteiger partial charge in [-0.05, 0) is 34.0 Å². The summed E-state index contributed by atoms with van der Waals surface area (Å²) in [6.07, 6.45) is 8.51. The van der Waals surface area contributed by atoms with E-state index in [0.717, 1.165) is 31.7 Å². The number of hydrogen-bond donors (Lipinski definition) is 0. The van der Waals surface area contributed by atoms with E-state index >= 15 is 0 Å². The second kappa shape index (κ2) is 7.02. The van der Waals surface area contributed by atoms with E-state index in [1.165, 1.54) is 0 Å². The second-order valence-corrected chi connectivity index (χ2v) is 8.43. The van der Waals surface area contributed by atoms with Crippen molar-refractivity contribution in [3.8, 4) is 22.1 Å². The molecule has 0 N–H and O–H groups in total. The molecule has 0 spiro atoms. The Kier molecular flexibility index (Phi) is 4.59. The fraction of sp³-hybridized carbons (Fsp3) is 0.150. The van der Waals surface area contributed by atoms with Crippen molar-refractivity contribution in [3.63, 3.8) is 0 Å². The lowest BCUT2D eigenvalue weighted by molar-refractivity contribution is 0.600. The summed E-state index contributed by atoms with van der Waals surface area (Å²) in [5.41, 5.74) is 1.01. The summed E-state index contributed by atoms with van der Waals surface area (Å²) in [4.78, 5) is 15.4. The van der Waals surface area contributed by atoms with Crippen molar-refractivity contribution in [2.75, 3.05) is 0 Å². The quantitative estimate of drug-likeness (QED) is 0.542. The van der Waals surface area contributed by atoms with Crippen molar-refractivity contribution in [2.24, 2.45) is 5.92 Å². The maximum atomic E-state index is 4.80. The third kappa shape index (κ3) is 3.48. The smallest absolute Gasteiger partial charge is 0.173 e. The van der Waals surface area contributed by atoms with Crippen LogP contribution < -0.4 is 0 Å². The van der Waals surface area contributed by atoms with Crippen LogP contribution in [-0.4, -0.2) is 15.0 Å². The molecule has 0 saturated carbocycles. The molecule has 2 heterocycles. The molecule has 0 amide bonds. The number of thiophene rings is 1. The van der Waals surface area contributed by atoms with Gasteiger partial charge in [-0.25, -0.2) is 15.0 Å². The molecule has 4 rings (SSSR count). The molecule has 0 radical (unpaired) electrons. The standard InChI is InChI=1S/C20H16BrN3S/c1-13-7-5-6-10-15(13)19-22-18(14-8-3-2-4-9-14)23-20(24-19)16-11-12-17(21)25-16/h2-13,15H,1H3. The normalized spacial score (nSPS) is 19.3. The van der Waals surface area contributed by atoms with E-state index < -0.39 is 0 Å². The summed E-state index contributed by atoms with van der Waals surface area (Å²) >= 11 is 5.16. The summed E-state index contributed by atoms with van der Waals surface area (Å²) in [7, 11) is 0. The van der Waals surface area contributed by atoms with Crippen LogP contribution in [0.2, 0.25) is 0 Å². The fourth-order valence-electron chi connectivity index (χ4n) is 2.84. The molecular weight excluding hydrogens is 394 g/mol. The molecule has 2 atom stereocenters. The first-order chi connectivity index (χ1) is 12.2. The number of nitrogens with zero attached hydrogens (tertiary/aromatic N) is 3. The molecular formula is C20H16BrN3S. The van der Waals surface area contributed by atoms with Gasteiger partial charge in [0.1, 0.15) is 5.82 Å². The van der Waals surface area contributed by atoms with Crippen molar-refractivity contribution in [3.05, 3.63) is 76.4 Å². The lowest BCUT2D eigenvalue weighted by Gasteiger charge is -2.19. The van der Waals surface area contributed by atoms with E-state index in [1.807, 2.05) is 42.5 Å². The Morgan fingerprint density at radius 2 is 1.64 bits per heavy atom. The molecule has 3 nitrogen and oxygen atoms in total. The highest BCUT2D eigenvalue weighted by molar-refractivity contribution is 9.11. The SMILES string of the molecule is CC1C=CC=CC1c1nc(-c2ccccc2)nc(-c2ccc(Br)s2)n1. The maximum Gasteiger partial charge on any atom is 0.173 e. The summed E-state index contributed by atoms with van der Waals surface area (Å²) in [6, 6.07) is 14.2. The van der Waals surface area contributed by atoms with Crippen molar-refractivity contribution in [2.45, 2.75) is 12.8 Å². The van der Waals surface area contributed by atoms with E-state index in [2.05, 4.69) is 47.2 Å². The predicted octanol–water partition coefficient (Wildman–Crippen LogP) is 5.88. The number of allylic oxidation sites excluding steroid dienone is 4. The van der Waals surface area contributed by atoms with Gasteiger partial charge in [-0.2, -0.15) is 0 Å². The Hall–Kier alpha value is -2.11. The van der Waals surface area contributed by atoms with Crippen LogP contribution in [0.3, 0.4) is 0 Å². The summed E-state index contributed by atoms with van der Waals surface area (Å²) in [5.74, 6) is 2.80. The summed E-state index contributed by atoms with van der Waals surface area (Å²) in [5, 5.41) is 0. The average Bonchev–Trinajstić information content (AvgIpc) is 3.09. The Morgan fingerprint density at radius 3 is 2.36 bits per heavy atom. The van der Waals surface area contributed by atoms with Crippen LogP contribution in [0.4, 0.5) is 0 Å². The Bertz CT molecular complexity index is 947. The van der Waals surface area contributed by atoms with Crippen molar-refractivity contribution in [1.29, 1.82) is 0 Å². The van der Waals surface area contributed by atoms with Gasteiger partial charge < -0.3 is 0 Å². The number of aromatic nitrogens is 3. The van der Waals surface area contributed by atoms with Crippen molar-refractivity contribution in [1.82, 2.24) is 15.0 Å². The van der Waals surface area contributed by atoms with Gasteiger partial charge >= 0.3 is 0 Å². The zero-order valence-corrected chi connectivity index (χ0v) is 16.0. The zero-order valence-electron chi connectivity index (χ0n) is 13.6. The molecule has 1 aromatic carbocycles. The molecule has 3 aromatic rings. The lowest BCUT2D eigenvalue weighted by Crippen LogP contribution is -2.13. The Labute approximate surface area is 159 Å². The van der Waals surface area contributed by atoms with Crippen LogP contribution >= 0.6 is 27.3 Å². The second-order valence-electron chi connectivity index (χ2n) is 5.97. The summed E-state index contributed by atoms with van der Waals surface area (Å²) < 4.78 is 1.07. The highest BCUT2D eigenvalue weighted by Gasteiger charge is 2.22. The van der Waals surface area contributed by atoms with Crippen LogP contribution in [0.15, 0.2) is 70.6 Å². The van der Waals surface area contributed by atoms with Gasteiger partial charge in [0.15, 0.2) is 11.6 Å². The summed E-state index contributed by atoms with van der Waals surface area (Å²) in [6.45, 7) is 2.19. The van der Waals surface area contributed by atoms with Gasteiger partial charge in [0.2, 0.25) is 0 Å². The molecule has 5 heteroatoms. The van der Waals surface area contributed by atoms with Crippen LogP contribution in [0.25, 0.3) is 22.1 Å². The number of benzene rings is 1. The fourth-order valence-corrected chi connectivity index (χ4v) is 4.16. The highest BCUT2D eigenvalue weighted by Crippen LogP contribution is 2.33. The minimum Gasteiger partial charge on any atom is -0.212 e. The van der Waals surface area contributed by atoms with Crippen LogP contribution in [-0.2, 0) is 0 Å². The average molecular weight is 410 g/mol. The van der Waals surface area contributed by atoms with E-state index in [0.29, 0.717) is 5.92 Å². The molecule has 25 heavy (non-hydrogen) atoms. The lowest BCUT2D eigenvalue weighted by atomic mass is 9.89. The molecule has 2 unspecified atom stereocenters. The first-order valence-electron chi connectivity index (χ1n) is 8.13. The topological polar surface area (TPSA) is 38.7 Å². The molecule has 124 valence electrons. The monoisotopic (exact) mass is 409 g/mol. The largest absolute Gasteiger partial charge is 0.212 e. The van der Waals surface area contributed by atoms with Gasteiger partial charge in [-0.1, -0.05) is 61.6 Å². The minimum absolute atomic E-state index is 0.164. The van der Waals surface area contributed by atoms with Gasteiger partial charge in [0, 0.05) is 11.5 Å². The van der Waals surface area contributed by atoms with Crippen molar-refractivity contribution >= 4 is 27.3 Å². The van der Waals surface area contributed by atoms with Crippen LogP contribution in [0, 0.1) is 5.92 Å². The maximum absolute atomic E-state index is 4.80. The van der Waals surface area contributed by atoms with E-state index in [-0.39, 0.29) is 5.92 Å². The number of rotatable bonds is 3. The number of halogens is 1. The van der Waals surface area contributed by atoms with Gasteiger partial charge in [0.05, 0.1) is 8.66 Å². The van der Waals surface area contributed by atoms with E-state index in [9.17, 15) is 0 Å². The van der Waals surface area contributed by atoms with Gasteiger partial charge in [-0.15, -0.1) is 11.3 Å². The third-order valence-corrected chi connectivity index (χ3v) is 5.81.